The van der Waals surface area contributed by atoms with Gasteiger partial charge in [-0.1, -0.05) is 31.5 Å². The predicted octanol–water partition coefficient (Wildman–Crippen LogP) is 3.20. The van der Waals surface area contributed by atoms with Gasteiger partial charge in [0.2, 0.25) is 5.43 Å². The Morgan fingerprint density at radius 3 is 2.80 bits per heavy atom. The first-order valence-corrected chi connectivity index (χ1v) is 11.8. The molecule has 2 fully saturated rings. The molecule has 1 spiro atoms. The second-order valence-corrected chi connectivity index (χ2v) is 9.80. The maximum atomic E-state index is 14.2. The van der Waals surface area contributed by atoms with Crippen LogP contribution in [0.15, 0.2) is 23.1 Å². The predicted molar refractivity (Wildman–Crippen MR) is 121 cm³/mol. The Morgan fingerprint density at radius 1 is 1.31 bits per heavy atom. The highest BCUT2D eigenvalue weighted by atomic mass is 35.5. The van der Waals surface area contributed by atoms with Gasteiger partial charge in [0.1, 0.15) is 22.2 Å². The smallest absolute Gasteiger partial charge is 0.276 e. The van der Waals surface area contributed by atoms with Crippen molar-refractivity contribution in [1.29, 1.82) is 0 Å². The molecule has 2 aliphatic heterocycles. The molecule has 2 amide bonds. The number of ether oxygens (including phenoxy) is 1. The molecule has 11 heteroatoms. The lowest BCUT2D eigenvalue weighted by Gasteiger charge is -2.54. The van der Waals surface area contributed by atoms with Gasteiger partial charge in [0.05, 0.1) is 12.6 Å². The Bertz CT molecular complexity index is 1320. The van der Waals surface area contributed by atoms with Crippen molar-refractivity contribution < 1.29 is 28.2 Å². The molecular formula is C24H24ClF2N3O5. The number of benzene rings is 1. The van der Waals surface area contributed by atoms with Crippen LogP contribution in [-0.4, -0.2) is 45.3 Å². The van der Waals surface area contributed by atoms with Crippen LogP contribution in [0.5, 0.6) is 5.75 Å². The molecule has 4 atom stereocenters. The lowest BCUT2D eigenvalue weighted by Crippen LogP contribution is -2.65. The van der Waals surface area contributed by atoms with E-state index in [1.807, 2.05) is 6.92 Å². The van der Waals surface area contributed by atoms with Gasteiger partial charge in [-0.25, -0.2) is 8.78 Å². The molecule has 186 valence electrons. The largest absolute Gasteiger partial charge is 0.503 e. The summed E-state index contributed by atoms with van der Waals surface area (Å²) < 4.78 is 35.4. The molecule has 0 bridgehead atoms. The van der Waals surface area contributed by atoms with E-state index in [0.717, 1.165) is 12.1 Å². The lowest BCUT2D eigenvalue weighted by atomic mass is 9.88. The Hall–Kier alpha value is -2.98. The SMILES string of the molecule is CC1[C@@H](C)C[C@H]2n3cc(C(=O)NCc4ccc(F)c(Cl)c4F)c(=O)c(O)c3C(=O)N3CCCO[C@]123. The highest BCUT2D eigenvalue weighted by Gasteiger charge is 2.63. The van der Waals surface area contributed by atoms with Crippen molar-refractivity contribution in [3.05, 3.63) is 62.0 Å². The minimum atomic E-state index is -1.02. The van der Waals surface area contributed by atoms with E-state index in [0.29, 0.717) is 26.0 Å². The van der Waals surface area contributed by atoms with E-state index in [-0.39, 0.29) is 29.6 Å². The van der Waals surface area contributed by atoms with Crippen molar-refractivity contribution in [2.75, 3.05) is 13.2 Å². The number of hydrogen-bond acceptors (Lipinski definition) is 5. The van der Waals surface area contributed by atoms with Crippen molar-refractivity contribution in [2.45, 2.75) is 45.0 Å². The van der Waals surface area contributed by atoms with Gasteiger partial charge in [-0.15, -0.1) is 0 Å². The number of nitrogens with one attached hydrogen (secondary N) is 1. The summed E-state index contributed by atoms with van der Waals surface area (Å²) >= 11 is 5.59. The minimum absolute atomic E-state index is 0.0186. The van der Waals surface area contributed by atoms with Gasteiger partial charge >= 0.3 is 0 Å². The van der Waals surface area contributed by atoms with Crippen molar-refractivity contribution in [1.82, 2.24) is 14.8 Å². The summed E-state index contributed by atoms with van der Waals surface area (Å²) in [5.74, 6) is -4.02. The maximum Gasteiger partial charge on any atom is 0.276 e. The molecule has 8 nitrogen and oxygen atoms in total. The molecular weight excluding hydrogens is 484 g/mol. The second-order valence-electron chi connectivity index (χ2n) is 9.42. The summed E-state index contributed by atoms with van der Waals surface area (Å²) in [5.41, 5.74) is -2.60. The Labute approximate surface area is 204 Å². The quantitative estimate of drug-likeness (QED) is 0.621. The van der Waals surface area contributed by atoms with Crippen molar-refractivity contribution >= 4 is 23.4 Å². The molecule has 0 radical (unpaired) electrons. The van der Waals surface area contributed by atoms with Gasteiger partial charge in [0, 0.05) is 30.8 Å². The van der Waals surface area contributed by atoms with Gasteiger partial charge in [0.15, 0.2) is 17.2 Å². The molecule has 3 aliphatic rings. The molecule has 1 saturated heterocycles. The van der Waals surface area contributed by atoms with Crippen molar-refractivity contribution in [3.8, 4) is 5.75 Å². The van der Waals surface area contributed by atoms with Crippen LogP contribution in [0.2, 0.25) is 5.02 Å². The van der Waals surface area contributed by atoms with Gasteiger partial charge in [0.25, 0.3) is 11.8 Å². The fraction of sp³-hybridized carbons (Fsp3) is 0.458. The van der Waals surface area contributed by atoms with Crippen LogP contribution in [0, 0.1) is 23.5 Å². The lowest BCUT2D eigenvalue weighted by molar-refractivity contribution is -0.211. The summed E-state index contributed by atoms with van der Waals surface area (Å²) in [6.45, 7) is 4.60. The Kier molecular flexibility index (Phi) is 5.63. The Morgan fingerprint density at radius 2 is 2.06 bits per heavy atom. The zero-order chi connectivity index (χ0) is 25.2. The van der Waals surface area contributed by atoms with E-state index < -0.39 is 57.0 Å². The molecule has 1 aliphatic carbocycles. The number of carbonyl (C=O) groups excluding carboxylic acids is 2. The number of amides is 2. The minimum Gasteiger partial charge on any atom is -0.503 e. The van der Waals surface area contributed by atoms with Crippen LogP contribution >= 0.6 is 11.6 Å². The van der Waals surface area contributed by atoms with E-state index in [1.54, 1.807) is 4.90 Å². The van der Waals surface area contributed by atoms with Crippen LogP contribution in [0.4, 0.5) is 8.78 Å². The molecule has 1 aromatic heterocycles. The molecule has 3 heterocycles. The third-order valence-electron chi connectivity index (χ3n) is 7.65. The fourth-order valence-electron chi connectivity index (χ4n) is 5.71. The number of pyridine rings is 1. The van der Waals surface area contributed by atoms with E-state index in [9.17, 15) is 28.3 Å². The highest BCUT2D eigenvalue weighted by Crippen LogP contribution is 2.55. The maximum absolute atomic E-state index is 14.2. The number of carbonyl (C=O) groups is 2. The third kappa shape index (κ3) is 3.30. The first-order valence-electron chi connectivity index (χ1n) is 11.4. The Balaban J connectivity index is 1.55. The number of aromatic hydroxyl groups is 1. The molecule has 2 N–H and O–H groups in total. The zero-order valence-electron chi connectivity index (χ0n) is 19.1. The third-order valence-corrected chi connectivity index (χ3v) is 8.00. The van der Waals surface area contributed by atoms with Crippen LogP contribution < -0.4 is 10.7 Å². The summed E-state index contributed by atoms with van der Waals surface area (Å²) in [6.07, 6.45) is 2.52. The molecule has 1 saturated carbocycles. The molecule has 5 rings (SSSR count). The van der Waals surface area contributed by atoms with E-state index in [1.165, 1.54) is 10.8 Å². The first-order chi connectivity index (χ1) is 16.6. The van der Waals surface area contributed by atoms with Gasteiger partial charge in [-0.05, 0) is 24.8 Å². The van der Waals surface area contributed by atoms with Gasteiger partial charge < -0.3 is 24.6 Å². The summed E-state index contributed by atoms with van der Waals surface area (Å²) in [7, 11) is 0. The summed E-state index contributed by atoms with van der Waals surface area (Å²) in [5, 5.41) is 12.5. The number of hydrogen-bond donors (Lipinski definition) is 2. The van der Waals surface area contributed by atoms with E-state index >= 15 is 0 Å². The van der Waals surface area contributed by atoms with Crippen molar-refractivity contribution in [2.24, 2.45) is 11.8 Å². The zero-order valence-corrected chi connectivity index (χ0v) is 19.9. The number of halogens is 3. The molecule has 2 aromatic rings. The monoisotopic (exact) mass is 507 g/mol. The fourth-order valence-corrected chi connectivity index (χ4v) is 5.90. The van der Waals surface area contributed by atoms with Crippen LogP contribution in [0.3, 0.4) is 0 Å². The van der Waals surface area contributed by atoms with Gasteiger partial charge in [-0.2, -0.15) is 0 Å². The normalized spacial score (nSPS) is 27.3. The number of nitrogens with zero attached hydrogens (tertiary/aromatic N) is 2. The van der Waals surface area contributed by atoms with Crippen molar-refractivity contribution in [3.63, 3.8) is 0 Å². The highest BCUT2D eigenvalue weighted by molar-refractivity contribution is 6.30. The van der Waals surface area contributed by atoms with Crippen LogP contribution in [0.1, 0.15) is 59.1 Å². The summed E-state index contributed by atoms with van der Waals surface area (Å²) in [6, 6.07) is 1.69. The average Bonchev–Trinajstić information content (AvgIpc) is 3.09. The molecule has 1 aromatic carbocycles. The number of fused-ring (bicyclic) bond motifs is 2. The summed E-state index contributed by atoms with van der Waals surface area (Å²) in [4.78, 5) is 40.9. The standard InChI is InChI=1S/C24H24ClF2N3O5/c1-11-8-16-24(12(11)2)30(6-3-7-35-24)23(34)19-21(32)20(31)14(10-29(16)19)22(33)28-9-13-4-5-15(26)17(25)18(13)27/h4-5,10-12,16,32H,3,6-9H2,1-2H3,(H,28,33)/t11-,12?,16+,24+/m0/s1. The van der Waals surface area contributed by atoms with E-state index in [4.69, 9.17) is 16.3 Å². The first kappa shape index (κ1) is 23.7. The van der Waals surface area contributed by atoms with Crippen LogP contribution in [0.25, 0.3) is 0 Å². The molecule has 1 unspecified atom stereocenters. The van der Waals surface area contributed by atoms with Gasteiger partial charge in [-0.3, -0.25) is 14.4 Å². The topological polar surface area (TPSA) is 101 Å². The van der Waals surface area contributed by atoms with Crippen LogP contribution in [-0.2, 0) is 11.3 Å². The molecule has 35 heavy (non-hydrogen) atoms. The second kappa shape index (κ2) is 8.30. The van der Waals surface area contributed by atoms with E-state index in [2.05, 4.69) is 12.2 Å². The average molecular weight is 508 g/mol. The number of aromatic nitrogens is 1. The number of rotatable bonds is 3.